The van der Waals surface area contributed by atoms with Crippen molar-refractivity contribution in [1.29, 1.82) is 0 Å². The van der Waals surface area contributed by atoms with E-state index in [0.717, 1.165) is 22.8 Å². The second-order valence-corrected chi connectivity index (χ2v) is 6.91. The van der Waals surface area contributed by atoms with Gasteiger partial charge in [0.15, 0.2) is 5.17 Å². The summed E-state index contributed by atoms with van der Waals surface area (Å²) in [6, 6.07) is 5.28. The van der Waals surface area contributed by atoms with E-state index in [0.29, 0.717) is 29.4 Å². The Morgan fingerprint density at radius 3 is 2.67 bits per heavy atom. The van der Waals surface area contributed by atoms with Crippen LogP contribution < -0.4 is 9.47 Å². The van der Waals surface area contributed by atoms with E-state index in [1.807, 2.05) is 25.1 Å². The van der Waals surface area contributed by atoms with Gasteiger partial charge in [-0.2, -0.15) is 0 Å². The van der Waals surface area contributed by atoms with Gasteiger partial charge in [0, 0.05) is 17.3 Å². The molecule has 0 aliphatic carbocycles. The van der Waals surface area contributed by atoms with E-state index < -0.39 is 0 Å². The van der Waals surface area contributed by atoms with Crippen molar-refractivity contribution in [2.45, 2.75) is 33.2 Å². The van der Waals surface area contributed by atoms with Gasteiger partial charge in [0.2, 0.25) is 0 Å². The Balaban J connectivity index is 2.19. The molecule has 0 fully saturated rings. The zero-order chi connectivity index (χ0) is 19.6. The largest absolute Gasteiger partial charge is 0.497 e. The summed E-state index contributed by atoms with van der Waals surface area (Å²) in [6.07, 6.45) is 0.830. The number of allylic oxidation sites excluding steroid dienone is 2. The molecule has 2 aliphatic heterocycles. The lowest BCUT2D eigenvalue weighted by molar-refractivity contribution is -0.139. The number of carbonyl (C=O) groups is 1. The number of thioether (sulfide) groups is 1. The lowest BCUT2D eigenvalue weighted by atomic mass is 9.93. The fraction of sp³-hybridized carbons (Fsp3) is 0.400. The van der Waals surface area contributed by atoms with E-state index in [1.165, 1.54) is 0 Å². The van der Waals surface area contributed by atoms with Crippen LogP contribution in [0, 0.1) is 0 Å². The number of benzene rings is 1. The van der Waals surface area contributed by atoms with Crippen molar-refractivity contribution in [3.63, 3.8) is 0 Å². The van der Waals surface area contributed by atoms with Crippen molar-refractivity contribution in [3.8, 4) is 11.5 Å². The fourth-order valence-corrected chi connectivity index (χ4v) is 4.35. The molecule has 0 amide bonds. The van der Waals surface area contributed by atoms with Crippen molar-refractivity contribution in [2.24, 2.45) is 4.99 Å². The van der Waals surface area contributed by atoms with Crippen LogP contribution in [0.4, 0.5) is 0 Å². The lowest BCUT2D eigenvalue weighted by Crippen LogP contribution is -2.36. The molecule has 0 spiro atoms. The van der Waals surface area contributed by atoms with E-state index in [4.69, 9.17) is 14.2 Å². The van der Waals surface area contributed by atoms with Crippen molar-refractivity contribution in [2.75, 3.05) is 20.8 Å². The molecule has 27 heavy (non-hydrogen) atoms. The maximum absolute atomic E-state index is 12.8. The molecular weight excluding hydrogens is 364 g/mol. The number of hydrogen-bond acceptors (Lipinski definition) is 7. The number of nitrogens with zero attached hydrogens (tertiary/aromatic N) is 2. The lowest BCUT2D eigenvalue weighted by Gasteiger charge is -2.36. The molecule has 1 aromatic carbocycles. The first kappa shape index (κ1) is 19.4. The molecule has 144 valence electrons. The highest BCUT2D eigenvalue weighted by atomic mass is 32.2. The van der Waals surface area contributed by atoms with Gasteiger partial charge in [0.05, 0.1) is 38.1 Å². The summed E-state index contributed by atoms with van der Waals surface area (Å²) >= 11 is 1.57. The summed E-state index contributed by atoms with van der Waals surface area (Å²) in [4.78, 5) is 19.6. The Labute approximate surface area is 163 Å². The number of esters is 1. The number of ether oxygens (including phenoxy) is 3. The molecule has 0 N–H and O–H groups in total. The second kappa shape index (κ2) is 8.08. The molecule has 6 nitrogen and oxygen atoms in total. The van der Waals surface area contributed by atoms with Crippen LogP contribution in [0.1, 0.15) is 38.8 Å². The van der Waals surface area contributed by atoms with Crippen molar-refractivity contribution < 1.29 is 19.0 Å². The molecule has 2 aliphatic rings. The van der Waals surface area contributed by atoms with Crippen molar-refractivity contribution >= 4 is 22.9 Å². The maximum Gasteiger partial charge on any atom is 0.338 e. The molecule has 7 heteroatoms. The van der Waals surface area contributed by atoms with E-state index >= 15 is 0 Å². The van der Waals surface area contributed by atoms with Crippen molar-refractivity contribution in [1.82, 2.24) is 4.90 Å². The number of aliphatic imine (C=N–C) groups is 1. The zero-order valence-corrected chi connectivity index (χ0v) is 17.1. The predicted molar refractivity (Wildman–Crippen MR) is 107 cm³/mol. The highest BCUT2D eigenvalue weighted by Crippen LogP contribution is 2.47. The van der Waals surface area contributed by atoms with Gasteiger partial charge in [0.25, 0.3) is 0 Å². The van der Waals surface area contributed by atoms with Crippen LogP contribution in [0.5, 0.6) is 11.5 Å². The molecule has 0 bridgehead atoms. The number of methoxy groups -OCH3 is 2. The van der Waals surface area contributed by atoms with Gasteiger partial charge in [-0.1, -0.05) is 18.7 Å². The summed E-state index contributed by atoms with van der Waals surface area (Å²) in [5.74, 6) is 0.997. The number of hydrogen-bond donors (Lipinski definition) is 0. The summed E-state index contributed by atoms with van der Waals surface area (Å²) < 4.78 is 16.3. The van der Waals surface area contributed by atoms with Crippen LogP contribution in [-0.2, 0) is 9.53 Å². The Kier molecular flexibility index (Phi) is 5.79. The van der Waals surface area contributed by atoms with Crippen LogP contribution in [0.3, 0.4) is 0 Å². The van der Waals surface area contributed by atoms with Crippen LogP contribution in [0.15, 0.2) is 45.6 Å². The highest BCUT2D eigenvalue weighted by Gasteiger charge is 2.41. The molecular formula is C20H24N2O4S. The van der Waals surface area contributed by atoms with E-state index in [-0.39, 0.29) is 12.0 Å². The number of fused-ring (bicyclic) bond motifs is 1. The van der Waals surface area contributed by atoms with Gasteiger partial charge < -0.3 is 19.1 Å². The Hall–Kier alpha value is -2.41. The second-order valence-electron chi connectivity index (χ2n) is 6.07. The van der Waals surface area contributed by atoms with Gasteiger partial charge in [-0.15, -0.1) is 0 Å². The summed E-state index contributed by atoms with van der Waals surface area (Å²) in [7, 11) is 3.23. The number of carbonyl (C=O) groups excluding carboxylic acids is 1. The van der Waals surface area contributed by atoms with E-state index in [9.17, 15) is 4.79 Å². The quantitative estimate of drug-likeness (QED) is 0.679. The molecule has 0 saturated heterocycles. The van der Waals surface area contributed by atoms with Crippen LogP contribution in [0.25, 0.3) is 0 Å². The molecule has 0 saturated carbocycles. The normalized spacial score (nSPS) is 18.7. The summed E-state index contributed by atoms with van der Waals surface area (Å²) in [5.41, 5.74) is 3.18. The molecule has 0 aromatic heterocycles. The third-order valence-electron chi connectivity index (χ3n) is 4.59. The Morgan fingerprint density at radius 1 is 1.26 bits per heavy atom. The minimum atomic E-state index is -0.362. The SMILES string of the molecule is CCOC(=O)C1=C(C)N=C2SC=C(CC)N2[C@@H]1c1ccc(OC)cc1OC. The molecule has 0 radical (unpaired) electrons. The highest BCUT2D eigenvalue weighted by molar-refractivity contribution is 8.16. The first-order valence-electron chi connectivity index (χ1n) is 8.89. The van der Waals surface area contributed by atoms with Crippen LogP contribution in [-0.4, -0.2) is 36.9 Å². The molecule has 2 heterocycles. The molecule has 3 rings (SSSR count). The smallest absolute Gasteiger partial charge is 0.338 e. The van der Waals surface area contributed by atoms with Crippen molar-refractivity contribution in [3.05, 3.63) is 46.1 Å². The zero-order valence-electron chi connectivity index (χ0n) is 16.2. The van der Waals surface area contributed by atoms with Gasteiger partial charge in [-0.25, -0.2) is 9.79 Å². The minimum Gasteiger partial charge on any atom is -0.497 e. The average molecular weight is 388 g/mol. The monoisotopic (exact) mass is 388 g/mol. The average Bonchev–Trinajstić information content (AvgIpc) is 3.09. The van der Waals surface area contributed by atoms with Gasteiger partial charge >= 0.3 is 5.97 Å². The molecule has 0 unspecified atom stereocenters. The standard InChI is InChI=1S/C20H24N2O4S/c1-6-13-11-27-20-21-12(3)17(19(23)26-7-2)18(22(13)20)15-9-8-14(24-4)10-16(15)25-5/h8-11,18H,6-7H2,1-5H3/t18-/m1/s1. The molecule has 1 atom stereocenters. The summed E-state index contributed by atoms with van der Waals surface area (Å²) in [5, 5.41) is 2.95. The Morgan fingerprint density at radius 2 is 2.04 bits per heavy atom. The predicted octanol–water partition coefficient (Wildman–Crippen LogP) is 4.25. The van der Waals surface area contributed by atoms with Gasteiger partial charge in [-0.05, 0) is 37.8 Å². The van der Waals surface area contributed by atoms with Gasteiger partial charge in [-0.3, -0.25) is 0 Å². The van der Waals surface area contributed by atoms with E-state index in [2.05, 4.69) is 22.2 Å². The molecule has 1 aromatic rings. The van der Waals surface area contributed by atoms with Crippen LogP contribution >= 0.6 is 11.8 Å². The topological polar surface area (TPSA) is 60.4 Å². The van der Waals surface area contributed by atoms with Crippen LogP contribution in [0.2, 0.25) is 0 Å². The number of rotatable bonds is 6. The first-order valence-corrected chi connectivity index (χ1v) is 9.77. The third kappa shape index (κ3) is 3.43. The summed E-state index contributed by atoms with van der Waals surface area (Å²) in [6.45, 7) is 6.05. The first-order chi connectivity index (χ1) is 13.0. The Bertz CT molecular complexity index is 844. The fourth-order valence-electron chi connectivity index (χ4n) is 3.31. The maximum atomic E-state index is 12.8. The van der Waals surface area contributed by atoms with E-state index in [1.54, 1.807) is 32.9 Å². The third-order valence-corrected chi connectivity index (χ3v) is 5.48. The van der Waals surface area contributed by atoms with Gasteiger partial charge in [0.1, 0.15) is 11.5 Å². The number of amidine groups is 1. The minimum absolute atomic E-state index is 0.309.